The maximum absolute atomic E-state index is 6.33. The molecule has 2 aromatic rings. The van der Waals surface area contributed by atoms with Crippen molar-refractivity contribution in [1.29, 1.82) is 0 Å². The number of halogens is 1. The van der Waals surface area contributed by atoms with Gasteiger partial charge < -0.3 is 5.73 Å². The summed E-state index contributed by atoms with van der Waals surface area (Å²) in [6.45, 7) is 4.25. The van der Waals surface area contributed by atoms with E-state index < -0.39 is 0 Å². The van der Waals surface area contributed by atoms with Crippen LogP contribution in [0, 0.1) is 13.8 Å². The zero-order valence-electron chi connectivity index (χ0n) is 10.1. The second-order valence-electron chi connectivity index (χ2n) is 4.32. The molecule has 0 aliphatic rings. The van der Waals surface area contributed by atoms with Crippen molar-refractivity contribution in [2.24, 2.45) is 5.73 Å². The molecule has 17 heavy (non-hydrogen) atoms. The molecule has 2 rings (SSSR count). The third kappa shape index (κ3) is 2.59. The maximum Gasteiger partial charge on any atom is 0.0554 e. The van der Waals surface area contributed by atoms with E-state index in [0.717, 1.165) is 10.0 Å². The van der Waals surface area contributed by atoms with Crippen LogP contribution in [0.15, 0.2) is 46.9 Å². The lowest BCUT2D eigenvalue weighted by atomic mass is 9.93. The number of hydrogen-bond acceptors (Lipinski definition) is 1. The molecule has 1 atom stereocenters. The Morgan fingerprint density at radius 2 is 1.76 bits per heavy atom. The average Bonchev–Trinajstić information content (AvgIpc) is 2.32. The van der Waals surface area contributed by atoms with Gasteiger partial charge in [-0.25, -0.2) is 0 Å². The largest absolute Gasteiger partial charge is 0.320 e. The first-order chi connectivity index (χ1) is 8.09. The number of hydrogen-bond donors (Lipinski definition) is 1. The van der Waals surface area contributed by atoms with Crippen LogP contribution in [0.4, 0.5) is 0 Å². The fraction of sp³-hybridized carbons (Fsp3) is 0.200. The molecule has 2 aromatic carbocycles. The van der Waals surface area contributed by atoms with Crippen molar-refractivity contribution in [3.05, 3.63) is 69.2 Å². The molecule has 1 nitrogen and oxygen atoms in total. The molecule has 0 heterocycles. The van der Waals surface area contributed by atoms with Crippen molar-refractivity contribution >= 4 is 15.9 Å². The van der Waals surface area contributed by atoms with Crippen LogP contribution in [0.5, 0.6) is 0 Å². The van der Waals surface area contributed by atoms with Crippen molar-refractivity contribution in [2.75, 3.05) is 0 Å². The molecule has 88 valence electrons. The van der Waals surface area contributed by atoms with Crippen molar-refractivity contribution in [3.8, 4) is 0 Å². The Morgan fingerprint density at radius 1 is 1.06 bits per heavy atom. The Kier molecular flexibility index (Phi) is 3.65. The van der Waals surface area contributed by atoms with Crippen molar-refractivity contribution in [2.45, 2.75) is 19.9 Å². The van der Waals surface area contributed by atoms with Gasteiger partial charge in [0.15, 0.2) is 0 Å². The molecule has 0 bridgehead atoms. The Bertz CT molecular complexity index is 534. The van der Waals surface area contributed by atoms with Gasteiger partial charge in [-0.1, -0.05) is 46.3 Å². The molecule has 0 aliphatic carbocycles. The second kappa shape index (κ2) is 5.03. The van der Waals surface area contributed by atoms with Crippen LogP contribution >= 0.6 is 15.9 Å². The summed E-state index contributed by atoms with van der Waals surface area (Å²) >= 11 is 3.48. The van der Waals surface area contributed by atoms with E-state index in [1.807, 2.05) is 12.1 Å². The van der Waals surface area contributed by atoms with E-state index in [2.05, 4.69) is 60.1 Å². The zero-order chi connectivity index (χ0) is 12.4. The summed E-state index contributed by atoms with van der Waals surface area (Å²) in [6.07, 6.45) is 0. The van der Waals surface area contributed by atoms with Gasteiger partial charge in [0.2, 0.25) is 0 Å². The Hall–Kier alpha value is -1.12. The first-order valence-corrected chi connectivity index (χ1v) is 6.46. The quantitative estimate of drug-likeness (QED) is 0.884. The lowest BCUT2D eigenvalue weighted by Gasteiger charge is -2.17. The van der Waals surface area contributed by atoms with Gasteiger partial charge >= 0.3 is 0 Å². The standard InChI is InChI=1S/C15H16BrN/c1-10-5-3-8-14(11(10)2)15(17)12-6-4-7-13(16)9-12/h3-9,15H,17H2,1-2H3. The van der Waals surface area contributed by atoms with E-state index >= 15 is 0 Å². The molecule has 0 amide bonds. The highest BCUT2D eigenvalue weighted by atomic mass is 79.9. The first kappa shape index (κ1) is 12.3. The van der Waals surface area contributed by atoms with Crippen molar-refractivity contribution < 1.29 is 0 Å². The fourth-order valence-corrected chi connectivity index (χ4v) is 2.41. The molecular formula is C15H16BrN. The minimum absolute atomic E-state index is 0.0626. The van der Waals surface area contributed by atoms with Gasteiger partial charge in [0.1, 0.15) is 0 Å². The topological polar surface area (TPSA) is 26.0 Å². The summed E-state index contributed by atoms with van der Waals surface area (Å²) in [5.41, 5.74) is 11.2. The molecule has 0 aliphatic heterocycles. The van der Waals surface area contributed by atoms with Crippen LogP contribution in [-0.4, -0.2) is 0 Å². The second-order valence-corrected chi connectivity index (χ2v) is 5.24. The lowest BCUT2D eigenvalue weighted by molar-refractivity contribution is 0.858. The molecule has 0 saturated carbocycles. The molecule has 0 spiro atoms. The summed E-state index contributed by atoms with van der Waals surface area (Å²) in [6, 6.07) is 14.4. The molecule has 2 heteroatoms. The van der Waals surface area contributed by atoms with Crippen LogP contribution in [0.2, 0.25) is 0 Å². The molecule has 1 unspecified atom stereocenters. The SMILES string of the molecule is Cc1cccc(C(N)c2cccc(Br)c2)c1C. The minimum atomic E-state index is -0.0626. The van der Waals surface area contributed by atoms with Gasteiger partial charge in [0, 0.05) is 4.47 Å². The molecule has 0 fully saturated rings. The monoisotopic (exact) mass is 289 g/mol. The minimum Gasteiger partial charge on any atom is -0.320 e. The predicted molar refractivity (Wildman–Crippen MR) is 76.1 cm³/mol. The highest BCUT2D eigenvalue weighted by molar-refractivity contribution is 9.10. The fourth-order valence-electron chi connectivity index (χ4n) is 1.99. The van der Waals surface area contributed by atoms with E-state index in [0.29, 0.717) is 0 Å². The highest BCUT2D eigenvalue weighted by Crippen LogP contribution is 2.26. The van der Waals surface area contributed by atoms with Crippen LogP contribution < -0.4 is 5.73 Å². The van der Waals surface area contributed by atoms with Gasteiger partial charge in [-0.2, -0.15) is 0 Å². The van der Waals surface area contributed by atoms with E-state index in [9.17, 15) is 0 Å². The summed E-state index contributed by atoms with van der Waals surface area (Å²) < 4.78 is 1.07. The zero-order valence-corrected chi connectivity index (χ0v) is 11.7. The van der Waals surface area contributed by atoms with Gasteiger partial charge in [-0.15, -0.1) is 0 Å². The van der Waals surface area contributed by atoms with Crippen molar-refractivity contribution in [3.63, 3.8) is 0 Å². The van der Waals surface area contributed by atoms with Crippen LogP contribution in [-0.2, 0) is 0 Å². The molecule has 0 saturated heterocycles. The molecular weight excluding hydrogens is 274 g/mol. The summed E-state index contributed by atoms with van der Waals surface area (Å²) in [7, 11) is 0. The maximum atomic E-state index is 6.33. The number of rotatable bonds is 2. The number of nitrogens with two attached hydrogens (primary N) is 1. The van der Waals surface area contributed by atoms with Gasteiger partial charge in [0.05, 0.1) is 6.04 Å². The third-order valence-corrected chi connectivity index (χ3v) is 3.68. The van der Waals surface area contributed by atoms with Gasteiger partial charge in [0.25, 0.3) is 0 Å². The first-order valence-electron chi connectivity index (χ1n) is 5.67. The van der Waals surface area contributed by atoms with Crippen molar-refractivity contribution in [1.82, 2.24) is 0 Å². The number of benzene rings is 2. The van der Waals surface area contributed by atoms with Crippen LogP contribution in [0.25, 0.3) is 0 Å². The van der Waals surface area contributed by atoms with Crippen LogP contribution in [0.3, 0.4) is 0 Å². The average molecular weight is 290 g/mol. The predicted octanol–water partition coefficient (Wildman–Crippen LogP) is 4.11. The Labute approximate surface area is 111 Å². The summed E-state index contributed by atoms with van der Waals surface area (Å²) in [5, 5.41) is 0. The van der Waals surface area contributed by atoms with Gasteiger partial charge in [-0.3, -0.25) is 0 Å². The number of aryl methyl sites for hydroxylation is 1. The highest BCUT2D eigenvalue weighted by Gasteiger charge is 2.12. The Balaban J connectivity index is 2.44. The summed E-state index contributed by atoms with van der Waals surface area (Å²) in [4.78, 5) is 0. The molecule has 0 aromatic heterocycles. The molecule has 2 N–H and O–H groups in total. The molecule has 0 radical (unpaired) electrons. The smallest absolute Gasteiger partial charge is 0.0554 e. The normalized spacial score (nSPS) is 12.5. The van der Waals surface area contributed by atoms with Crippen LogP contribution in [0.1, 0.15) is 28.3 Å². The lowest BCUT2D eigenvalue weighted by Crippen LogP contribution is -2.13. The van der Waals surface area contributed by atoms with E-state index in [1.54, 1.807) is 0 Å². The van der Waals surface area contributed by atoms with E-state index in [4.69, 9.17) is 5.73 Å². The summed E-state index contributed by atoms with van der Waals surface area (Å²) in [5.74, 6) is 0. The van der Waals surface area contributed by atoms with E-state index in [-0.39, 0.29) is 6.04 Å². The van der Waals surface area contributed by atoms with E-state index in [1.165, 1.54) is 16.7 Å². The van der Waals surface area contributed by atoms with Gasteiger partial charge in [-0.05, 0) is 48.2 Å². The Morgan fingerprint density at radius 3 is 2.47 bits per heavy atom. The third-order valence-electron chi connectivity index (χ3n) is 3.19.